The molecule has 10 heteroatoms. The van der Waals surface area contributed by atoms with Crippen LogP contribution < -0.4 is 14.8 Å². The van der Waals surface area contributed by atoms with Crippen LogP contribution in [0.5, 0.6) is 11.5 Å². The number of sulfonamides is 1. The number of hydrazone groups is 1. The Morgan fingerprint density at radius 3 is 2.76 bits per heavy atom. The fourth-order valence-electron chi connectivity index (χ4n) is 4.38. The Kier molecular flexibility index (Phi) is 6.23. The molecule has 1 aliphatic carbocycles. The summed E-state index contributed by atoms with van der Waals surface area (Å²) in [7, 11) is -3.82. The zero-order valence-corrected chi connectivity index (χ0v) is 19.5. The molecule has 0 bridgehead atoms. The molecule has 1 fully saturated rings. The van der Waals surface area contributed by atoms with Crippen LogP contribution in [0.15, 0.2) is 56.9 Å². The molecular weight excluding hydrogens is 456 g/mol. The Balaban J connectivity index is 1.37. The van der Waals surface area contributed by atoms with Gasteiger partial charge >= 0.3 is 0 Å². The van der Waals surface area contributed by atoms with Crippen molar-refractivity contribution in [3.05, 3.63) is 53.6 Å². The van der Waals surface area contributed by atoms with E-state index in [1.807, 2.05) is 6.07 Å². The molecule has 1 N–H and O–H groups in total. The van der Waals surface area contributed by atoms with Crippen LogP contribution in [0.1, 0.15) is 49.7 Å². The van der Waals surface area contributed by atoms with Gasteiger partial charge in [0.05, 0.1) is 12.8 Å². The van der Waals surface area contributed by atoms with Crippen molar-refractivity contribution in [3.8, 4) is 11.5 Å². The minimum atomic E-state index is -3.82. The number of nitrogens with zero attached hydrogens (tertiary/aromatic N) is 3. The van der Waals surface area contributed by atoms with E-state index < -0.39 is 10.0 Å². The molecule has 2 aromatic rings. The van der Waals surface area contributed by atoms with Crippen molar-refractivity contribution >= 4 is 28.0 Å². The molecule has 0 saturated heterocycles. The molecular formula is C24H26N4O5S. The van der Waals surface area contributed by atoms with Gasteiger partial charge in [-0.25, -0.2) is 5.01 Å². The zero-order valence-electron chi connectivity index (χ0n) is 18.6. The molecule has 1 saturated carbocycles. The number of rotatable bonds is 6. The second-order valence-electron chi connectivity index (χ2n) is 8.52. The molecule has 0 atom stereocenters. The quantitative estimate of drug-likeness (QED) is 0.501. The van der Waals surface area contributed by atoms with Gasteiger partial charge in [0, 0.05) is 18.0 Å². The minimum absolute atomic E-state index is 0.0788. The highest BCUT2D eigenvalue weighted by Gasteiger charge is 2.32. The van der Waals surface area contributed by atoms with Gasteiger partial charge in [-0.2, -0.15) is 13.5 Å². The lowest BCUT2D eigenvalue weighted by molar-refractivity contribution is -0.122. The van der Waals surface area contributed by atoms with Crippen LogP contribution in [0.3, 0.4) is 0 Å². The molecule has 9 nitrogen and oxygen atoms in total. The number of amidine groups is 1. The predicted molar refractivity (Wildman–Crippen MR) is 127 cm³/mol. The Labute approximate surface area is 198 Å². The molecule has 2 heterocycles. The lowest BCUT2D eigenvalue weighted by atomic mass is 9.95. The van der Waals surface area contributed by atoms with Crippen LogP contribution in [-0.2, 0) is 14.8 Å². The lowest BCUT2D eigenvalue weighted by Crippen LogP contribution is -2.38. The van der Waals surface area contributed by atoms with Crippen LogP contribution >= 0.6 is 0 Å². The van der Waals surface area contributed by atoms with Crippen molar-refractivity contribution in [1.29, 1.82) is 0 Å². The van der Waals surface area contributed by atoms with Crippen molar-refractivity contribution < 1.29 is 22.7 Å². The van der Waals surface area contributed by atoms with Gasteiger partial charge in [0.15, 0.2) is 17.3 Å². The maximum absolute atomic E-state index is 12.6. The fraction of sp³-hybridized carbons (Fsp3) is 0.375. The molecule has 5 rings (SSSR count). The molecule has 0 spiro atoms. The highest BCUT2D eigenvalue weighted by Crippen LogP contribution is 2.32. The zero-order chi connectivity index (χ0) is 23.5. The SMILES string of the molecule is O=C(CCN(/N=C\c1ccc2c(c1)OCO2)C1=NS(=O)(=O)c2ccccc21)NC1CCCCC1. The summed E-state index contributed by atoms with van der Waals surface area (Å²) >= 11 is 0. The molecule has 3 aliphatic rings. The molecule has 34 heavy (non-hydrogen) atoms. The van der Waals surface area contributed by atoms with Crippen molar-refractivity contribution in [1.82, 2.24) is 10.3 Å². The van der Waals surface area contributed by atoms with Crippen LogP contribution in [0.4, 0.5) is 0 Å². The summed E-state index contributed by atoms with van der Waals surface area (Å²) < 4.78 is 39.9. The van der Waals surface area contributed by atoms with E-state index in [1.165, 1.54) is 17.5 Å². The summed E-state index contributed by atoms with van der Waals surface area (Å²) in [5, 5.41) is 9.10. The monoisotopic (exact) mass is 482 g/mol. The summed E-state index contributed by atoms with van der Waals surface area (Å²) in [5.74, 6) is 1.41. The maximum atomic E-state index is 12.6. The van der Waals surface area contributed by atoms with Crippen LogP contribution in [0, 0.1) is 0 Å². The van der Waals surface area contributed by atoms with Crippen LogP contribution in [0.25, 0.3) is 0 Å². The Morgan fingerprint density at radius 1 is 1.12 bits per heavy atom. The molecule has 2 aliphatic heterocycles. The Morgan fingerprint density at radius 2 is 1.91 bits per heavy atom. The molecule has 0 unspecified atom stereocenters. The van der Waals surface area contributed by atoms with E-state index in [2.05, 4.69) is 14.8 Å². The number of hydrogen-bond acceptors (Lipinski definition) is 7. The van der Waals surface area contributed by atoms with E-state index in [0.29, 0.717) is 17.1 Å². The van der Waals surface area contributed by atoms with E-state index in [1.54, 1.807) is 36.5 Å². The highest BCUT2D eigenvalue weighted by atomic mass is 32.2. The van der Waals surface area contributed by atoms with Gasteiger partial charge in [0.1, 0.15) is 4.90 Å². The third-order valence-electron chi connectivity index (χ3n) is 6.12. The molecule has 0 radical (unpaired) electrons. The normalized spacial score (nSPS) is 18.5. The standard InChI is InChI=1S/C24H26N4O5S/c29-23(26-18-6-2-1-3-7-18)12-13-28(24-19-8-4-5-9-22(19)34(30,31)27-24)25-15-17-10-11-20-21(14-17)33-16-32-20/h4-5,8-11,14-15,18H,1-3,6-7,12-13,16H2,(H,26,29)/b25-15-. The number of amides is 1. The second kappa shape index (κ2) is 9.46. The fourth-order valence-corrected chi connectivity index (χ4v) is 5.58. The van der Waals surface area contributed by atoms with Crippen molar-refractivity contribution in [2.45, 2.75) is 49.5 Å². The van der Waals surface area contributed by atoms with Gasteiger partial charge in [-0.3, -0.25) is 4.79 Å². The van der Waals surface area contributed by atoms with E-state index in [0.717, 1.165) is 31.2 Å². The number of fused-ring (bicyclic) bond motifs is 2. The van der Waals surface area contributed by atoms with Gasteiger partial charge in [-0.05, 0) is 48.7 Å². The molecule has 0 aromatic heterocycles. The van der Waals surface area contributed by atoms with Crippen LogP contribution in [0.2, 0.25) is 0 Å². The summed E-state index contributed by atoms with van der Waals surface area (Å²) in [6.45, 7) is 0.353. The minimum Gasteiger partial charge on any atom is -0.454 e. The Bertz CT molecular complexity index is 1250. The third-order valence-corrected chi connectivity index (χ3v) is 7.45. The molecule has 2 aromatic carbocycles. The number of carbonyl (C=O) groups excluding carboxylic acids is 1. The third kappa shape index (κ3) is 4.77. The van der Waals surface area contributed by atoms with E-state index in [9.17, 15) is 13.2 Å². The highest BCUT2D eigenvalue weighted by molar-refractivity contribution is 7.90. The lowest BCUT2D eigenvalue weighted by Gasteiger charge is -2.24. The first-order valence-electron chi connectivity index (χ1n) is 11.4. The van der Waals surface area contributed by atoms with Gasteiger partial charge < -0.3 is 14.8 Å². The van der Waals surface area contributed by atoms with Crippen LogP contribution in [-0.4, -0.2) is 50.8 Å². The number of nitrogens with one attached hydrogen (secondary N) is 1. The number of benzene rings is 2. The van der Waals surface area contributed by atoms with Gasteiger partial charge in [0.2, 0.25) is 12.7 Å². The summed E-state index contributed by atoms with van der Waals surface area (Å²) in [6.07, 6.45) is 7.21. The van der Waals surface area contributed by atoms with Crippen molar-refractivity contribution in [2.75, 3.05) is 13.3 Å². The van der Waals surface area contributed by atoms with Gasteiger partial charge in [-0.1, -0.05) is 31.4 Å². The predicted octanol–water partition coefficient (Wildman–Crippen LogP) is 3.04. The number of carbonyl (C=O) groups is 1. The molecule has 1 amide bonds. The van der Waals surface area contributed by atoms with E-state index >= 15 is 0 Å². The number of ether oxygens (including phenoxy) is 2. The largest absolute Gasteiger partial charge is 0.454 e. The van der Waals surface area contributed by atoms with E-state index in [-0.39, 0.29) is 42.4 Å². The average Bonchev–Trinajstić information content (AvgIpc) is 3.41. The second-order valence-corrected chi connectivity index (χ2v) is 10.1. The number of hydrogen-bond donors (Lipinski definition) is 1. The molecule has 178 valence electrons. The van der Waals surface area contributed by atoms with Gasteiger partial charge in [-0.15, -0.1) is 4.40 Å². The first-order valence-corrected chi connectivity index (χ1v) is 12.9. The smallest absolute Gasteiger partial charge is 0.285 e. The first kappa shape index (κ1) is 22.4. The average molecular weight is 483 g/mol. The van der Waals surface area contributed by atoms with E-state index in [4.69, 9.17) is 9.47 Å². The Hall–Kier alpha value is -3.40. The maximum Gasteiger partial charge on any atom is 0.285 e. The van der Waals surface area contributed by atoms with Crippen molar-refractivity contribution in [2.24, 2.45) is 9.50 Å². The van der Waals surface area contributed by atoms with Gasteiger partial charge in [0.25, 0.3) is 10.0 Å². The summed E-state index contributed by atoms with van der Waals surface area (Å²) in [4.78, 5) is 12.8. The first-order chi connectivity index (χ1) is 16.5. The topological polar surface area (TPSA) is 110 Å². The summed E-state index contributed by atoms with van der Waals surface area (Å²) in [5.41, 5.74) is 1.22. The van der Waals surface area contributed by atoms with Crippen molar-refractivity contribution in [3.63, 3.8) is 0 Å². The summed E-state index contributed by atoms with van der Waals surface area (Å²) in [6, 6.07) is 12.3.